The number of carbonyl (C=O) groups is 2. The number of allylic oxidation sites excluding steroid dienone is 4. The van der Waals surface area contributed by atoms with Crippen molar-refractivity contribution < 1.29 is 24.5 Å². The second-order valence-electron chi connectivity index (χ2n) is 22.8. The summed E-state index contributed by atoms with van der Waals surface area (Å²) < 4.78 is 5.42. The molecule has 2 unspecified atom stereocenters. The van der Waals surface area contributed by atoms with Crippen LogP contribution in [0, 0.1) is 0 Å². The minimum absolute atomic E-state index is 0.0339. The molecule has 74 heavy (non-hydrogen) atoms. The lowest BCUT2D eigenvalue weighted by Gasteiger charge is -2.20. The highest BCUT2D eigenvalue weighted by atomic mass is 16.5. The van der Waals surface area contributed by atoms with Gasteiger partial charge in [0.05, 0.1) is 25.4 Å². The summed E-state index contributed by atoms with van der Waals surface area (Å²) in [5.41, 5.74) is 0. The van der Waals surface area contributed by atoms with Gasteiger partial charge in [-0.1, -0.05) is 333 Å². The summed E-state index contributed by atoms with van der Waals surface area (Å²) in [4.78, 5) is 24.5. The van der Waals surface area contributed by atoms with Crippen molar-refractivity contribution in [2.75, 3.05) is 13.2 Å². The molecule has 436 valence electrons. The Balaban J connectivity index is 3.48. The Kier molecular flexibility index (Phi) is 62.0. The van der Waals surface area contributed by atoms with E-state index >= 15 is 0 Å². The van der Waals surface area contributed by atoms with Crippen LogP contribution in [-0.2, 0) is 14.3 Å². The molecule has 0 saturated carbocycles. The van der Waals surface area contributed by atoms with E-state index in [2.05, 4.69) is 43.5 Å². The molecule has 0 saturated heterocycles. The van der Waals surface area contributed by atoms with E-state index in [9.17, 15) is 19.8 Å². The van der Waals surface area contributed by atoms with E-state index in [1.54, 1.807) is 6.08 Å². The second-order valence-corrected chi connectivity index (χ2v) is 22.8. The number of ether oxygens (including phenoxy) is 1. The van der Waals surface area contributed by atoms with E-state index in [0.717, 1.165) is 51.4 Å². The third kappa shape index (κ3) is 59.3. The molecule has 0 aromatic carbocycles. The number of esters is 1. The molecule has 6 heteroatoms. The molecular weight excluding hydrogens is 911 g/mol. The molecule has 0 bridgehead atoms. The monoisotopic (exact) mass is 1040 g/mol. The minimum Gasteiger partial charge on any atom is -0.465 e. The van der Waals surface area contributed by atoms with Crippen molar-refractivity contribution >= 4 is 11.9 Å². The van der Waals surface area contributed by atoms with Gasteiger partial charge in [-0.15, -0.1) is 0 Å². The van der Waals surface area contributed by atoms with Crippen LogP contribution in [0.3, 0.4) is 0 Å². The van der Waals surface area contributed by atoms with Crippen LogP contribution in [0.2, 0.25) is 0 Å². The SMILES string of the molecule is CCCCCCCCCCCCCCCCCCCCCCC/C=C/C(O)C(CO)NC(=O)CCCCCCCCCCCCCCCC/C=C\C/C=C\CCOC(=O)CCCCCCCCCCCCCCC. The third-order valence-electron chi connectivity index (χ3n) is 15.4. The Morgan fingerprint density at radius 1 is 0.378 bits per heavy atom. The first-order valence-corrected chi connectivity index (χ1v) is 33.3. The molecule has 3 N–H and O–H groups in total. The number of carbonyl (C=O) groups excluding carboxylic acids is 2. The maximum atomic E-state index is 12.5. The average molecular weight is 1040 g/mol. The van der Waals surface area contributed by atoms with Gasteiger partial charge in [0.25, 0.3) is 0 Å². The topological polar surface area (TPSA) is 95.9 Å². The molecule has 0 radical (unpaired) electrons. The maximum Gasteiger partial charge on any atom is 0.305 e. The van der Waals surface area contributed by atoms with E-state index in [1.807, 2.05) is 6.08 Å². The number of aliphatic hydroxyl groups is 2. The standard InChI is InChI=1S/C68H129NO5/c1-3-5-7-9-11-13-15-17-18-19-20-21-22-24-27-30-33-37-40-44-48-52-56-60-66(71)65(64-70)69-67(72)61-57-53-49-45-41-38-34-31-28-25-23-26-29-32-35-39-43-47-51-55-59-63-74-68(73)62-58-54-50-46-42-36-16-14-12-10-8-6-4-2/h39,43,51,55-56,60,65-66,70-71H,3-38,40-42,44-50,52-54,57-59,61-64H2,1-2H3,(H,69,72)/b43-39-,55-51-,60-56+. The number of unbranched alkanes of at least 4 members (excludes halogenated alkanes) is 47. The average Bonchev–Trinajstić information content (AvgIpc) is 3.40. The Labute approximate surface area is 462 Å². The van der Waals surface area contributed by atoms with Gasteiger partial charge in [0.1, 0.15) is 0 Å². The van der Waals surface area contributed by atoms with E-state index < -0.39 is 12.1 Å². The van der Waals surface area contributed by atoms with Crippen molar-refractivity contribution in [3.8, 4) is 0 Å². The van der Waals surface area contributed by atoms with E-state index in [4.69, 9.17) is 4.74 Å². The molecular formula is C68H129NO5. The maximum absolute atomic E-state index is 12.5. The third-order valence-corrected chi connectivity index (χ3v) is 15.4. The Hall–Kier alpha value is -1.92. The molecule has 0 spiro atoms. The van der Waals surface area contributed by atoms with Gasteiger partial charge in [0, 0.05) is 12.8 Å². The number of nitrogens with one attached hydrogen (secondary N) is 1. The molecule has 1 amide bonds. The number of rotatable bonds is 62. The molecule has 0 aliphatic carbocycles. The van der Waals surface area contributed by atoms with Gasteiger partial charge in [-0.05, 0) is 51.4 Å². The first kappa shape index (κ1) is 72.1. The van der Waals surface area contributed by atoms with Crippen LogP contribution in [0.15, 0.2) is 36.5 Å². The summed E-state index contributed by atoms with van der Waals surface area (Å²) in [5, 5.41) is 23.2. The summed E-state index contributed by atoms with van der Waals surface area (Å²) in [6, 6.07) is -0.633. The first-order chi connectivity index (χ1) is 36.5. The van der Waals surface area contributed by atoms with Crippen molar-refractivity contribution in [2.45, 2.75) is 373 Å². The predicted molar refractivity (Wildman–Crippen MR) is 324 cm³/mol. The molecule has 0 rings (SSSR count). The molecule has 0 aliphatic heterocycles. The zero-order chi connectivity index (χ0) is 53.6. The lowest BCUT2D eigenvalue weighted by Crippen LogP contribution is -2.45. The largest absolute Gasteiger partial charge is 0.465 e. The summed E-state index contributed by atoms with van der Waals surface area (Å²) in [5.74, 6) is -0.103. The van der Waals surface area contributed by atoms with Gasteiger partial charge in [-0.3, -0.25) is 9.59 Å². The van der Waals surface area contributed by atoms with Crippen LogP contribution < -0.4 is 5.32 Å². The lowest BCUT2D eigenvalue weighted by molar-refractivity contribution is -0.143. The van der Waals surface area contributed by atoms with Gasteiger partial charge in [-0.2, -0.15) is 0 Å². The van der Waals surface area contributed by atoms with Crippen molar-refractivity contribution in [3.63, 3.8) is 0 Å². The number of hydrogen-bond acceptors (Lipinski definition) is 5. The Bertz CT molecular complexity index is 1200. The fraction of sp³-hybridized carbons (Fsp3) is 0.882. The summed E-state index contributed by atoms with van der Waals surface area (Å²) >= 11 is 0. The van der Waals surface area contributed by atoms with E-state index in [-0.39, 0.29) is 18.5 Å². The smallest absolute Gasteiger partial charge is 0.305 e. The normalized spacial score (nSPS) is 12.8. The number of aliphatic hydroxyl groups excluding tert-OH is 2. The second kappa shape index (κ2) is 63.6. The Morgan fingerprint density at radius 2 is 0.676 bits per heavy atom. The number of hydrogen-bond donors (Lipinski definition) is 3. The number of amides is 1. The van der Waals surface area contributed by atoms with Crippen molar-refractivity contribution in [1.29, 1.82) is 0 Å². The van der Waals surface area contributed by atoms with Gasteiger partial charge < -0.3 is 20.3 Å². The van der Waals surface area contributed by atoms with Crippen molar-refractivity contribution in [3.05, 3.63) is 36.5 Å². The molecule has 0 aliphatic rings. The zero-order valence-corrected chi connectivity index (χ0v) is 49.8. The van der Waals surface area contributed by atoms with Crippen LogP contribution >= 0.6 is 0 Å². The van der Waals surface area contributed by atoms with Crippen LogP contribution in [0.5, 0.6) is 0 Å². The molecule has 0 aromatic rings. The molecule has 2 atom stereocenters. The quantitative estimate of drug-likeness (QED) is 0.0320. The highest BCUT2D eigenvalue weighted by molar-refractivity contribution is 5.76. The fourth-order valence-electron chi connectivity index (χ4n) is 10.4. The van der Waals surface area contributed by atoms with E-state index in [1.165, 1.54) is 283 Å². The van der Waals surface area contributed by atoms with Gasteiger partial charge in [0.15, 0.2) is 0 Å². The molecule has 0 heterocycles. The molecule has 6 nitrogen and oxygen atoms in total. The highest BCUT2D eigenvalue weighted by Crippen LogP contribution is 2.18. The first-order valence-electron chi connectivity index (χ1n) is 33.3. The highest BCUT2D eigenvalue weighted by Gasteiger charge is 2.18. The zero-order valence-electron chi connectivity index (χ0n) is 49.8. The minimum atomic E-state index is -0.849. The fourth-order valence-corrected chi connectivity index (χ4v) is 10.4. The van der Waals surface area contributed by atoms with Crippen LogP contribution in [0.4, 0.5) is 0 Å². The molecule has 0 fully saturated rings. The van der Waals surface area contributed by atoms with Gasteiger partial charge >= 0.3 is 5.97 Å². The summed E-state index contributed by atoms with van der Waals surface area (Å²) in [6.07, 6.45) is 80.7. The molecule has 0 aromatic heterocycles. The van der Waals surface area contributed by atoms with Crippen LogP contribution in [0.25, 0.3) is 0 Å². The van der Waals surface area contributed by atoms with Gasteiger partial charge in [-0.25, -0.2) is 0 Å². The van der Waals surface area contributed by atoms with E-state index in [0.29, 0.717) is 19.4 Å². The van der Waals surface area contributed by atoms with Gasteiger partial charge in [0.2, 0.25) is 5.91 Å². The van der Waals surface area contributed by atoms with Crippen molar-refractivity contribution in [2.24, 2.45) is 0 Å². The van der Waals surface area contributed by atoms with Crippen LogP contribution in [0.1, 0.15) is 361 Å². The summed E-state index contributed by atoms with van der Waals surface area (Å²) in [6.45, 7) is 4.82. The Morgan fingerprint density at radius 3 is 1.03 bits per heavy atom. The predicted octanol–water partition coefficient (Wildman–Crippen LogP) is 21.1. The summed E-state index contributed by atoms with van der Waals surface area (Å²) in [7, 11) is 0. The van der Waals surface area contributed by atoms with Crippen molar-refractivity contribution in [1.82, 2.24) is 5.32 Å². The lowest BCUT2D eigenvalue weighted by atomic mass is 10.0. The van der Waals surface area contributed by atoms with Crippen LogP contribution in [-0.4, -0.2) is 47.4 Å².